The van der Waals surface area contributed by atoms with E-state index in [0.717, 1.165) is 6.20 Å². The molecule has 0 spiro atoms. The van der Waals surface area contributed by atoms with Crippen molar-refractivity contribution in [3.8, 4) is 22.5 Å². The number of hydrogen-bond donors (Lipinski definition) is 2. The number of methoxy groups -OCH3 is 1. The Balaban J connectivity index is 1.71. The van der Waals surface area contributed by atoms with Gasteiger partial charge in [-0.1, -0.05) is 23.2 Å². The number of nitrogens with one attached hydrogen (secondary N) is 2. The highest BCUT2D eigenvalue weighted by Gasteiger charge is 2.40. The fourth-order valence-electron chi connectivity index (χ4n) is 3.44. The van der Waals surface area contributed by atoms with E-state index in [9.17, 15) is 22.8 Å². The Kier molecular flexibility index (Phi) is 6.74. The predicted octanol–water partition coefficient (Wildman–Crippen LogP) is 5.24. The Bertz CT molecular complexity index is 1460. The fourth-order valence-corrected chi connectivity index (χ4v) is 3.81. The van der Waals surface area contributed by atoms with Crippen LogP contribution in [0.1, 0.15) is 26.7 Å². The van der Waals surface area contributed by atoms with Gasteiger partial charge in [-0.3, -0.25) is 9.89 Å². The number of nitrogens with zero attached hydrogens (tertiary/aromatic N) is 4. The molecule has 14 heteroatoms. The molecule has 0 unspecified atom stereocenters. The zero-order valence-corrected chi connectivity index (χ0v) is 20.0. The van der Waals surface area contributed by atoms with Crippen molar-refractivity contribution in [2.45, 2.75) is 6.18 Å². The summed E-state index contributed by atoms with van der Waals surface area (Å²) in [5.41, 5.74) is -0.879. The van der Waals surface area contributed by atoms with E-state index in [1.54, 1.807) is 0 Å². The average Bonchev–Trinajstić information content (AvgIpc) is 3.42. The van der Waals surface area contributed by atoms with Crippen LogP contribution >= 0.6 is 23.2 Å². The molecule has 0 aliphatic carbocycles. The minimum atomic E-state index is -4.80. The lowest BCUT2D eigenvalue weighted by atomic mass is 10.0. The van der Waals surface area contributed by atoms with Crippen LogP contribution in [0.4, 0.5) is 18.9 Å². The van der Waals surface area contributed by atoms with E-state index in [0.29, 0.717) is 5.56 Å². The molecule has 36 heavy (non-hydrogen) atoms. The maximum absolute atomic E-state index is 13.8. The summed E-state index contributed by atoms with van der Waals surface area (Å²) in [4.78, 5) is 32.5. The predicted molar refractivity (Wildman–Crippen MR) is 125 cm³/mol. The zero-order chi connectivity index (χ0) is 26.2. The molecule has 0 saturated heterocycles. The van der Waals surface area contributed by atoms with Crippen LogP contribution in [0.3, 0.4) is 0 Å². The van der Waals surface area contributed by atoms with Crippen LogP contribution in [0.25, 0.3) is 22.5 Å². The van der Waals surface area contributed by atoms with E-state index in [-0.39, 0.29) is 44.2 Å². The van der Waals surface area contributed by atoms with Crippen LogP contribution in [-0.2, 0) is 18.0 Å². The van der Waals surface area contributed by atoms with Crippen molar-refractivity contribution in [3.05, 3.63) is 70.0 Å². The molecule has 4 rings (SSSR count). The van der Waals surface area contributed by atoms with Gasteiger partial charge >= 0.3 is 12.1 Å². The van der Waals surface area contributed by atoms with E-state index in [1.807, 2.05) is 0 Å². The van der Waals surface area contributed by atoms with Crippen molar-refractivity contribution < 1.29 is 27.5 Å². The van der Waals surface area contributed by atoms with Crippen LogP contribution in [-0.4, -0.2) is 43.7 Å². The molecule has 0 saturated carbocycles. The number of H-pyrrole nitrogens is 1. The zero-order valence-electron chi connectivity index (χ0n) is 18.4. The lowest BCUT2D eigenvalue weighted by Gasteiger charge is -2.11. The van der Waals surface area contributed by atoms with Crippen LogP contribution in [0.5, 0.6) is 0 Å². The molecule has 3 aromatic heterocycles. The molecular weight excluding hydrogens is 524 g/mol. The number of pyridine rings is 1. The Morgan fingerprint density at radius 1 is 1.11 bits per heavy atom. The molecule has 3 heterocycles. The van der Waals surface area contributed by atoms with Crippen molar-refractivity contribution in [1.29, 1.82) is 0 Å². The maximum atomic E-state index is 13.8. The van der Waals surface area contributed by atoms with Crippen molar-refractivity contribution >= 4 is 40.8 Å². The number of rotatable bonds is 5. The van der Waals surface area contributed by atoms with E-state index in [1.165, 1.54) is 55.3 Å². The van der Waals surface area contributed by atoms with Gasteiger partial charge in [0.25, 0.3) is 5.91 Å². The highest BCUT2D eigenvalue weighted by molar-refractivity contribution is 6.34. The minimum Gasteiger partial charge on any atom is -0.465 e. The van der Waals surface area contributed by atoms with Gasteiger partial charge in [0.1, 0.15) is 5.15 Å². The summed E-state index contributed by atoms with van der Waals surface area (Å²) in [7, 11) is 2.59. The molecule has 1 amide bonds. The first kappa shape index (κ1) is 25.2. The van der Waals surface area contributed by atoms with Crippen LogP contribution < -0.4 is 5.32 Å². The van der Waals surface area contributed by atoms with E-state index >= 15 is 0 Å². The van der Waals surface area contributed by atoms with Gasteiger partial charge in [0.15, 0.2) is 11.5 Å². The van der Waals surface area contributed by atoms with Gasteiger partial charge in [-0.15, -0.1) is 0 Å². The quantitative estimate of drug-likeness (QED) is 0.265. The number of carbonyl (C=O) groups excluding carboxylic acids is 2. The second kappa shape index (κ2) is 9.63. The Morgan fingerprint density at radius 3 is 2.47 bits per heavy atom. The van der Waals surface area contributed by atoms with Gasteiger partial charge in [-0.25, -0.2) is 14.8 Å². The number of amides is 1. The molecule has 0 fully saturated rings. The Morgan fingerprint density at radius 2 is 1.86 bits per heavy atom. The number of benzene rings is 1. The molecule has 0 aliphatic heterocycles. The van der Waals surface area contributed by atoms with Gasteiger partial charge in [-0.2, -0.15) is 18.3 Å². The molecule has 1 aromatic carbocycles. The van der Waals surface area contributed by atoms with Crippen LogP contribution in [0.15, 0.2) is 42.7 Å². The second-order valence-electron chi connectivity index (χ2n) is 7.36. The smallest absolute Gasteiger partial charge is 0.435 e. The molecule has 2 N–H and O–H groups in total. The number of alkyl halides is 3. The fraction of sp³-hybridized carbons (Fsp3) is 0.136. The average molecular weight is 539 g/mol. The number of imidazole rings is 1. The lowest BCUT2D eigenvalue weighted by molar-refractivity contribution is -0.140. The molecular formula is C22H15Cl2F3N6O3. The Labute approximate surface area is 211 Å². The largest absolute Gasteiger partial charge is 0.465 e. The standard InChI is InChI=1S/C22H15Cl2F3N6O3/c1-33-14(16-17(10-3-6-15(24)28-8-10)31-32-18(16)22(25,26)27)9-29-19(33)20(34)30-11-4-5-12(13(23)7-11)21(35)36-2/h3-9H,1-2H3,(H,30,34)(H,31,32). The van der Waals surface area contributed by atoms with Crippen molar-refractivity contribution in [3.63, 3.8) is 0 Å². The molecule has 9 nitrogen and oxygen atoms in total. The van der Waals surface area contributed by atoms with Gasteiger partial charge in [0.05, 0.1) is 40.8 Å². The van der Waals surface area contributed by atoms with Crippen molar-refractivity contribution in [1.82, 2.24) is 24.7 Å². The summed E-state index contributed by atoms with van der Waals surface area (Å²) in [5.74, 6) is -1.57. The second-order valence-corrected chi connectivity index (χ2v) is 8.15. The topological polar surface area (TPSA) is 115 Å². The molecule has 0 atom stereocenters. The summed E-state index contributed by atoms with van der Waals surface area (Å²) in [6.45, 7) is 0. The summed E-state index contributed by atoms with van der Waals surface area (Å²) in [6, 6.07) is 7.02. The first-order valence-electron chi connectivity index (χ1n) is 10.00. The summed E-state index contributed by atoms with van der Waals surface area (Å²) >= 11 is 11.9. The highest BCUT2D eigenvalue weighted by Crippen LogP contribution is 2.41. The lowest BCUT2D eigenvalue weighted by Crippen LogP contribution is -2.17. The van der Waals surface area contributed by atoms with Crippen molar-refractivity contribution in [2.24, 2.45) is 7.05 Å². The van der Waals surface area contributed by atoms with Gasteiger partial charge < -0.3 is 14.6 Å². The maximum Gasteiger partial charge on any atom is 0.435 e. The number of hydrogen-bond acceptors (Lipinski definition) is 6. The minimum absolute atomic E-state index is 0.0200. The van der Waals surface area contributed by atoms with Gasteiger partial charge in [-0.05, 0) is 30.3 Å². The van der Waals surface area contributed by atoms with Gasteiger partial charge in [0, 0.05) is 24.5 Å². The molecule has 0 aliphatic rings. The molecule has 0 bridgehead atoms. The summed E-state index contributed by atoms with van der Waals surface area (Å²) < 4.78 is 47.2. The number of anilines is 1. The monoisotopic (exact) mass is 538 g/mol. The van der Waals surface area contributed by atoms with Gasteiger partial charge in [0.2, 0.25) is 0 Å². The third kappa shape index (κ3) is 4.77. The number of ether oxygens (including phenoxy) is 1. The number of aromatic amines is 1. The number of carbonyl (C=O) groups is 2. The van der Waals surface area contributed by atoms with Crippen molar-refractivity contribution in [2.75, 3.05) is 12.4 Å². The summed E-state index contributed by atoms with van der Waals surface area (Å²) in [5, 5.41) is 8.61. The SMILES string of the molecule is COC(=O)c1ccc(NC(=O)c2ncc(-c3c(C(F)(F)F)n[nH]c3-c3ccc(Cl)nc3)n2C)cc1Cl. The third-order valence-electron chi connectivity index (χ3n) is 5.13. The molecule has 186 valence electrons. The molecule has 4 aromatic rings. The first-order chi connectivity index (χ1) is 17.0. The summed E-state index contributed by atoms with van der Waals surface area (Å²) in [6.07, 6.45) is -2.37. The van der Waals surface area contributed by atoms with E-state index in [2.05, 4.69) is 30.2 Å². The van der Waals surface area contributed by atoms with E-state index < -0.39 is 23.7 Å². The van der Waals surface area contributed by atoms with Crippen LogP contribution in [0, 0.1) is 0 Å². The third-order valence-corrected chi connectivity index (χ3v) is 5.67. The Hall–Kier alpha value is -3.90. The van der Waals surface area contributed by atoms with Crippen LogP contribution in [0.2, 0.25) is 10.2 Å². The number of esters is 1. The number of aromatic nitrogens is 5. The first-order valence-corrected chi connectivity index (χ1v) is 10.8. The normalized spacial score (nSPS) is 11.4. The molecule has 0 radical (unpaired) electrons. The number of halogens is 5. The highest BCUT2D eigenvalue weighted by atomic mass is 35.5. The van der Waals surface area contributed by atoms with E-state index in [4.69, 9.17) is 23.2 Å².